The lowest BCUT2D eigenvalue weighted by Crippen LogP contribution is -1.99. The standard InChI is InChI=1S/C14H18O2/c1-11-4-3-5-12-10-13(15-2)6-7-14(12)16-9-8-11/h4,6-7,10H,3,5,8-9H2,1-2H3/b11-4-. The molecule has 2 rings (SSSR count). The van der Waals surface area contributed by atoms with Gasteiger partial charge >= 0.3 is 0 Å². The van der Waals surface area contributed by atoms with Crippen LogP contribution < -0.4 is 9.47 Å². The predicted octanol–water partition coefficient (Wildman–Crippen LogP) is 3.36. The lowest BCUT2D eigenvalue weighted by Gasteiger charge is -2.11. The third-order valence-electron chi connectivity index (χ3n) is 2.93. The highest BCUT2D eigenvalue weighted by Crippen LogP contribution is 2.27. The van der Waals surface area contributed by atoms with Gasteiger partial charge in [-0.05, 0) is 43.5 Å². The molecule has 86 valence electrons. The van der Waals surface area contributed by atoms with Crippen molar-refractivity contribution < 1.29 is 9.47 Å². The highest BCUT2D eigenvalue weighted by atomic mass is 16.5. The van der Waals surface area contributed by atoms with Crippen LogP contribution in [0.1, 0.15) is 25.3 Å². The highest BCUT2D eigenvalue weighted by molar-refractivity contribution is 5.40. The first-order valence-corrected chi connectivity index (χ1v) is 5.75. The number of benzene rings is 1. The summed E-state index contributed by atoms with van der Waals surface area (Å²) in [5.41, 5.74) is 2.66. The molecule has 0 unspecified atom stereocenters. The van der Waals surface area contributed by atoms with Gasteiger partial charge in [0.25, 0.3) is 0 Å². The molecule has 0 atom stereocenters. The summed E-state index contributed by atoms with van der Waals surface area (Å²) >= 11 is 0. The van der Waals surface area contributed by atoms with Crippen molar-refractivity contribution in [3.8, 4) is 11.5 Å². The maximum absolute atomic E-state index is 5.78. The van der Waals surface area contributed by atoms with Crippen LogP contribution in [-0.4, -0.2) is 13.7 Å². The molecule has 0 spiro atoms. The number of aryl methyl sites for hydroxylation is 1. The Kier molecular flexibility index (Phi) is 3.50. The van der Waals surface area contributed by atoms with Gasteiger partial charge < -0.3 is 9.47 Å². The molecule has 1 heterocycles. The second-order valence-electron chi connectivity index (χ2n) is 4.16. The fraction of sp³-hybridized carbons (Fsp3) is 0.429. The molecule has 0 bridgehead atoms. The summed E-state index contributed by atoms with van der Waals surface area (Å²) in [6, 6.07) is 6.04. The number of allylic oxidation sites excluding steroid dienone is 1. The molecule has 1 aromatic carbocycles. The van der Waals surface area contributed by atoms with Gasteiger partial charge in [-0.2, -0.15) is 0 Å². The Morgan fingerprint density at radius 2 is 2.12 bits per heavy atom. The Morgan fingerprint density at radius 1 is 1.25 bits per heavy atom. The zero-order chi connectivity index (χ0) is 11.4. The number of hydrogen-bond acceptors (Lipinski definition) is 2. The molecule has 0 amide bonds. The zero-order valence-corrected chi connectivity index (χ0v) is 9.95. The first-order valence-electron chi connectivity index (χ1n) is 5.75. The van der Waals surface area contributed by atoms with E-state index in [1.807, 2.05) is 12.1 Å². The molecule has 0 radical (unpaired) electrons. The topological polar surface area (TPSA) is 18.5 Å². The molecule has 2 nitrogen and oxygen atoms in total. The number of rotatable bonds is 1. The Bertz CT molecular complexity index is 394. The van der Waals surface area contributed by atoms with Crippen LogP contribution in [0, 0.1) is 0 Å². The van der Waals surface area contributed by atoms with E-state index >= 15 is 0 Å². The Balaban J connectivity index is 2.24. The fourth-order valence-electron chi connectivity index (χ4n) is 1.92. The molecular weight excluding hydrogens is 200 g/mol. The Labute approximate surface area is 96.9 Å². The van der Waals surface area contributed by atoms with Gasteiger partial charge in [0.2, 0.25) is 0 Å². The van der Waals surface area contributed by atoms with Crippen molar-refractivity contribution in [3.05, 3.63) is 35.4 Å². The van der Waals surface area contributed by atoms with Crippen LogP contribution in [0.15, 0.2) is 29.8 Å². The van der Waals surface area contributed by atoms with Gasteiger partial charge in [-0.25, -0.2) is 0 Å². The summed E-state index contributed by atoms with van der Waals surface area (Å²) in [6.07, 6.45) is 5.42. The Hall–Kier alpha value is -1.44. The highest BCUT2D eigenvalue weighted by Gasteiger charge is 2.07. The minimum atomic E-state index is 0.766. The number of ether oxygens (including phenoxy) is 2. The average molecular weight is 218 g/mol. The van der Waals surface area contributed by atoms with Crippen LogP contribution in [0.5, 0.6) is 11.5 Å². The van der Waals surface area contributed by atoms with E-state index in [4.69, 9.17) is 9.47 Å². The van der Waals surface area contributed by atoms with Gasteiger partial charge in [0, 0.05) is 6.42 Å². The van der Waals surface area contributed by atoms with E-state index in [1.54, 1.807) is 7.11 Å². The zero-order valence-electron chi connectivity index (χ0n) is 9.95. The van der Waals surface area contributed by atoms with Crippen molar-refractivity contribution in [2.24, 2.45) is 0 Å². The van der Waals surface area contributed by atoms with Gasteiger partial charge in [0.05, 0.1) is 13.7 Å². The third-order valence-corrected chi connectivity index (χ3v) is 2.93. The van der Waals surface area contributed by atoms with Crippen molar-refractivity contribution in [2.75, 3.05) is 13.7 Å². The molecule has 1 aliphatic rings. The molecule has 0 saturated carbocycles. The molecule has 0 fully saturated rings. The summed E-state index contributed by atoms with van der Waals surface area (Å²) in [4.78, 5) is 0. The predicted molar refractivity (Wildman–Crippen MR) is 65.2 cm³/mol. The summed E-state index contributed by atoms with van der Waals surface area (Å²) in [7, 11) is 1.70. The van der Waals surface area contributed by atoms with Crippen LogP contribution in [0.2, 0.25) is 0 Å². The van der Waals surface area contributed by atoms with Gasteiger partial charge in [-0.3, -0.25) is 0 Å². The van der Waals surface area contributed by atoms with E-state index < -0.39 is 0 Å². The van der Waals surface area contributed by atoms with Crippen molar-refractivity contribution in [1.29, 1.82) is 0 Å². The second-order valence-corrected chi connectivity index (χ2v) is 4.16. The lowest BCUT2D eigenvalue weighted by atomic mass is 10.1. The van der Waals surface area contributed by atoms with E-state index in [0.29, 0.717) is 0 Å². The SMILES string of the molecule is COc1ccc2c(c1)CC/C=C(/C)CCO2. The largest absolute Gasteiger partial charge is 0.497 e. The van der Waals surface area contributed by atoms with Crippen molar-refractivity contribution in [3.63, 3.8) is 0 Å². The average Bonchev–Trinajstić information content (AvgIpc) is 2.38. The summed E-state index contributed by atoms with van der Waals surface area (Å²) in [5.74, 6) is 1.91. The third kappa shape index (κ3) is 2.57. The number of methoxy groups -OCH3 is 1. The first-order chi connectivity index (χ1) is 7.79. The molecule has 0 aromatic heterocycles. The summed E-state index contributed by atoms with van der Waals surface area (Å²) in [6.45, 7) is 2.93. The Morgan fingerprint density at radius 3 is 2.94 bits per heavy atom. The normalized spacial score (nSPS) is 19.2. The van der Waals surface area contributed by atoms with E-state index in [0.717, 1.165) is 37.4 Å². The van der Waals surface area contributed by atoms with Crippen LogP contribution >= 0.6 is 0 Å². The molecule has 1 aromatic rings. The molecule has 16 heavy (non-hydrogen) atoms. The monoisotopic (exact) mass is 218 g/mol. The number of fused-ring (bicyclic) bond motifs is 1. The molecular formula is C14H18O2. The van der Waals surface area contributed by atoms with Gasteiger partial charge in [-0.15, -0.1) is 0 Å². The van der Waals surface area contributed by atoms with Crippen LogP contribution in [-0.2, 0) is 6.42 Å². The van der Waals surface area contributed by atoms with Crippen LogP contribution in [0.4, 0.5) is 0 Å². The maximum Gasteiger partial charge on any atom is 0.122 e. The summed E-state index contributed by atoms with van der Waals surface area (Å²) in [5, 5.41) is 0. The lowest BCUT2D eigenvalue weighted by molar-refractivity contribution is 0.318. The smallest absolute Gasteiger partial charge is 0.122 e. The van der Waals surface area contributed by atoms with E-state index in [9.17, 15) is 0 Å². The van der Waals surface area contributed by atoms with E-state index in [2.05, 4.69) is 19.1 Å². The molecule has 0 N–H and O–H groups in total. The summed E-state index contributed by atoms with van der Waals surface area (Å²) < 4.78 is 11.0. The molecule has 0 saturated heterocycles. The first kappa shape index (κ1) is 11.1. The quantitative estimate of drug-likeness (QED) is 0.673. The van der Waals surface area contributed by atoms with Crippen LogP contribution in [0.25, 0.3) is 0 Å². The minimum absolute atomic E-state index is 0.766. The molecule has 1 aliphatic heterocycles. The van der Waals surface area contributed by atoms with E-state index in [1.165, 1.54) is 11.1 Å². The number of hydrogen-bond donors (Lipinski definition) is 0. The fourth-order valence-corrected chi connectivity index (χ4v) is 1.92. The van der Waals surface area contributed by atoms with Crippen molar-refractivity contribution in [2.45, 2.75) is 26.2 Å². The van der Waals surface area contributed by atoms with Gasteiger partial charge in [0.15, 0.2) is 0 Å². The minimum Gasteiger partial charge on any atom is -0.497 e. The van der Waals surface area contributed by atoms with Crippen molar-refractivity contribution in [1.82, 2.24) is 0 Å². The van der Waals surface area contributed by atoms with Crippen LogP contribution in [0.3, 0.4) is 0 Å². The van der Waals surface area contributed by atoms with Gasteiger partial charge in [0.1, 0.15) is 11.5 Å². The van der Waals surface area contributed by atoms with E-state index in [-0.39, 0.29) is 0 Å². The maximum atomic E-state index is 5.78. The molecule has 2 heteroatoms. The van der Waals surface area contributed by atoms with Crippen molar-refractivity contribution >= 4 is 0 Å². The second kappa shape index (κ2) is 5.06. The van der Waals surface area contributed by atoms with Gasteiger partial charge in [-0.1, -0.05) is 11.6 Å². The molecule has 0 aliphatic carbocycles.